The van der Waals surface area contributed by atoms with E-state index in [2.05, 4.69) is 31.7 Å². The normalized spacial score (nSPS) is 11.0. The Hall–Kier alpha value is -2.45. The van der Waals surface area contributed by atoms with Crippen molar-refractivity contribution in [3.63, 3.8) is 0 Å². The van der Waals surface area contributed by atoms with Crippen molar-refractivity contribution in [2.75, 3.05) is 0 Å². The summed E-state index contributed by atoms with van der Waals surface area (Å²) in [5, 5.41) is 9.41. The van der Waals surface area contributed by atoms with E-state index in [0.29, 0.717) is 18.1 Å². The molecule has 3 heterocycles. The molecule has 4 rings (SSSR count). The minimum Gasteiger partial charge on any atom is -0.461 e. The van der Waals surface area contributed by atoms with Crippen molar-refractivity contribution in [2.24, 2.45) is 0 Å². The molecule has 0 aliphatic carbocycles. The van der Waals surface area contributed by atoms with Gasteiger partial charge in [-0.25, -0.2) is 4.98 Å². The van der Waals surface area contributed by atoms with Crippen LogP contribution in [0.5, 0.6) is 0 Å². The van der Waals surface area contributed by atoms with Gasteiger partial charge in [0.15, 0.2) is 15.3 Å². The smallest absolute Gasteiger partial charge is 0.200 e. The van der Waals surface area contributed by atoms with Gasteiger partial charge >= 0.3 is 0 Å². The molecule has 0 bridgehead atoms. The molecule has 8 heteroatoms. The summed E-state index contributed by atoms with van der Waals surface area (Å²) >= 11 is 2.83. The Kier molecular flexibility index (Phi) is 4.14. The average Bonchev–Trinajstić information content (AvgIpc) is 3.32. The lowest BCUT2D eigenvalue weighted by Gasteiger charge is -2.08. The van der Waals surface area contributed by atoms with Crippen molar-refractivity contribution in [1.29, 1.82) is 0 Å². The van der Waals surface area contributed by atoms with Gasteiger partial charge in [-0.15, -0.1) is 10.2 Å². The first-order valence-electron chi connectivity index (χ1n) is 7.29. The second kappa shape index (κ2) is 6.58. The van der Waals surface area contributed by atoms with Crippen LogP contribution in [0.4, 0.5) is 0 Å². The molecule has 0 unspecified atom stereocenters. The lowest BCUT2D eigenvalue weighted by Crippen LogP contribution is -2.03. The van der Waals surface area contributed by atoms with Gasteiger partial charge in [-0.1, -0.05) is 30.3 Å². The molecule has 0 saturated heterocycles. The third kappa shape index (κ3) is 3.10. The molecule has 0 saturated carbocycles. The number of aromatic nitrogens is 5. The molecule has 0 aliphatic rings. The van der Waals surface area contributed by atoms with Gasteiger partial charge in [0.25, 0.3) is 0 Å². The summed E-state index contributed by atoms with van der Waals surface area (Å²) in [6, 6.07) is 13.9. The zero-order valence-electron chi connectivity index (χ0n) is 12.8. The minimum absolute atomic E-state index is 0.657. The maximum atomic E-state index is 5.51. The Morgan fingerprint density at radius 1 is 1.12 bits per heavy atom. The summed E-state index contributed by atoms with van der Waals surface area (Å²) in [6.45, 7) is 2.54. The fourth-order valence-corrected chi connectivity index (χ4v) is 3.84. The zero-order chi connectivity index (χ0) is 16.4. The van der Waals surface area contributed by atoms with Crippen molar-refractivity contribution >= 4 is 23.3 Å². The third-order valence-corrected chi connectivity index (χ3v) is 5.16. The second-order valence-corrected chi connectivity index (χ2v) is 7.03. The summed E-state index contributed by atoms with van der Waals surface area (Å²) in [6.07, 6.45) is 1.64. The maximum absolute atomic E-state index is 5.51. The molecule has 3 aromatic heterocycles. The summed E-state index contributed by atoms with van der Waals surface area (Å²) in [5.41, 5.74) is 1.17. The Morgan fingerprint density at radius 3 is 2.71 bits per heavy atom. The number of hydrogen-bond donors (Lipinski definition) is 0. The van der Waals surface area contributed by atoms with E-state index >= 15 is 0 Å². The van der Waals surface area contributed by atoms with Crippen LogP contribution >= 0.6 is 23.3 Å². The van der Waals surface area contributed by atoms with Crippen LogP contribution in [0.1, 0.15) is 11.4 Å². The number of benzene rings is 1. The predicted molar refractivity (Wildman–Crippen MR) is 92.0 cm³/mol. The molecule has 0 spiro atoms. The summed E-state index contributed by atoms with van der Waals surface area (Å²) in [7, 11) is 0. The molecule has 4 aromatic rings. The van der Waals surface area contributed by atoms with E-state index in [4.69, 9.17) is 4.42 Å². The van der Waals surface area contributed by atoms with Crippen molar-refractivity contribution < 1.29 is 4.42 Å². The highest BCUT2D eigenvalue weighted by Crippen LogP contribution is 2.31. The van der Waals surface area contributed by atoms with E-state index in [1.165, 1.54) is 28.9 Å². The van der Waals surface area contributed by atoms with Gasteiger partial charge in [0, 0.05) is 0 Å². The molecule has 0 fully saturated rings. The quantitative estimate of drug-likeness (QED) is 0.541. The van der Waals surface area contributed by atoms with Gasteiger partial charge < -0.3 is 4.42 Å². The largest absolute Gasteiger partial charge is 0.461 e. The lowest BCUT2D eigenvalue weighted by atomic mass is 10.2. The topological polar surface area (TPSA) is 69.6 Å². The van der Waals surface area contributed by atoms with Gasteiger partial charge in [-0.05, 0) is 47.9 Å². The van der Waals surface area contributed by atoms with Crippen LogP contribution in [-0.2, 0) is 6.54 Å². The van der Waals surface area contributed by atoms with Crippen molar-refractivity contribution in [2.45, 2.75) is 23.0 Å². The Balaban J connectivity index is 1.73. The first-order chi connectivity index (χ1) is 11.8. The minimum atomic E-state index is 0.657. The van der Waals surface area contributed by atoms with Crippen molar-refractivity contribution in [1.82, 2.24) is 24.1 Å². The standard InChI is InChI=1S/C16H13N5OS2/c1-11-17-16(24-20-11)23-15-19-18-14(13-8-5-9-22-13)21(15)10-12-6-3-2-4-7-12/h2-9H,10H2,1H3. The molecule has 0 N–H and O–H groups in total. The van der Waals surface area contributed by atoms with E-state index in [0.717, 1.165) is 15.3 Å². The fourth-order valence-electron chi connectivity index (χ4n) is 2.26. The molecule has 0 atom stereocenters. The first-order valence-corrected chi connectivity index (χ1v) is 8.88. The molecule has 1 aromatic carbocycles. The number of nitrogens with zero attached hydrogens (tertiary/aromatic N) is 5. The van der Waals surface area contributed by atoms with Crippen molar-refractivity contribution in [3.05, 3.63) is 60.1 Å². The summed E-state index contributed by atoms with van der Waals surface area (Å²) in [4.78, 5) is 4.39. The SMILES string of the molecule is Cc1nsc(Sc2nnc(-c3ccco3)n2Cc2ccccc2)n1. The molecule has 120 valence electrons. The Labute approximate surface area is 146 Å². The predicted octanol–water partition coefficient (Wildman–Crippen LogP) is 3.90. The lowest BCUT2D eigenvalue weighted by molar-refractivity contribution is 0.569. The summed E-state index contributed by atoms with van der Waals surface area (Å²) < 4.78 is 12.6. The van der Waals surface area contributed by atoms with Gasteiger partial charge in [-0.3, -0.25) is 4.57 Å². The van der Waals surface area contributed by atoms with Gasteiger partial charge in [0.2, 0.25) is 5.82 Å². The monoisotopic (exact) mass is 355 g/mol. The van der Waals surface area contributed by atoms with E-state index in [9.17, 15) is 0 Å². The number of rotatable bonds is 5. The van der Waals surface area contributed by atoms with E-state index in [-0.39, 0.29) is 0 Å². The first kappa shape index (κ1) is 15.1. The average molecular weight is 355 g/mol. The molecule has 24 heavy (non-hydrogen) atoms. The van der Waals surface area contributed by atoms with Gasteiger partial charge in [0.1, 0.15) is 5.82 Å². The van der Waals surface area contributed by atoms with Crippen molar-refractivity contribution in [3.8, 4) is 11.6 Å². The molecule has 0 radical (unpaired) electrons. The molecular formula is C16H13N5OS2. The van der Waals surface area contributed by atoms with E-state index < -0.39 is 0 Å². The van der Waals surface area contributed by atoms with Crippen LogP contribution in [0.25, 0.3) is 11.6 Å². The number of aryl methyl sites for hydroxylation is 1. The number of furan rings is 1. The highest BCUT2D eigenvalue weighted by atomic mass is 32.2. The van der Waals surface area contributed by atoms with E-state index in [1.54, 1.807) is 6.26 Å². The highest BCUT2D eigenvalue weighted by molar-refractivity contribution is 8.00. The van der Waals surface area contributed by atoms with Crippen LogP contribution in [-0.4, -0.2) is 24.1 Å². The Bertz CT molecular complexity index is 931. The molecule has 0 amide bonds. The van der Waals surface area contributed by atoms with Gasteiger partial charge in [-0.2, -0.15) is 4.37 Å². The maximum Gasteiger partial charge on any atom is 0.200 e. The fraction of sp³-hybridized carbons (Fsp3) is 0.125. The van der Waals surface area contributed by atoms with Crippen LogP contribution < -0.4 is 0 Å². The van der Waals surface area contributed by atoms with Crippen LogP contribution in [0.3, 0.4) is 0 Å². The highest BCUT2D eigenvalue weighted by Gasteiger charge is 2.18. The molecule has 0 aliphatic heterocycles. The van der Waals surface area contributed by atoms with E-state index in [1.807, 2.05) is 41.8 Å². The summed E-state index contributed by atoms with van der Waals surface area (Å²) in [5.74, 6) is 2.16. The third-order valence-electron chi connectivity index (χ3n) is 3.33. The van der Waals surface area contributed by atoms with Gasteiger partial charge in [0.05, 0.1) is 12.8 Å². The Morgan fingerprint density at radius 2 is 2.00 bits per heavy atom. The molecule has 6 nitrogen and oxygen atoms in total. The number of hydrogen-bond acceptors (Lipinski definition) is 7. The van der Waals surface area contributed by atoms with Crippen LogP contribution in [0, 0.1) is 6.92 Å². The zero-order valence-corrected chi connectivity index (χ0v) is 14.4. The van der Waals surface area contributed by atoms with Crippen LogP contribution in [0.2, 0.25) is 0 Å². The molecular weight excluding hydrogens is 342 g/mol. The second-order valence-electron chi connectivity index (χ2n) is 5.06. The van der Waals surface area contributed by atoms with Crippen LogP contribution in [0.15, 0.2) is 62.6 Å².